The molecular weight excluding hydrogens is 252 g/mol. The van der Waals surface area contributed by atoms with Crippen LogP contribution in [-0.2, 0) is 24.3 Å². The summed E-state index contributed by atoms with van der Waals surface area (Å²) in [6.07, 6.45) is 0. The second kappa shape index (κ2) is 11.7. The lowest BCUT2D eigenvalue weighted by Crippen LogP contribution is -2.16. The van der Waals surface area contributed by atoms with Crippen molar-refractivity contribution in [1.29, 1.82) is 0 Å². The zero-order valence-corrected chi connectivity index (χ0v) is 11.7. The Morgan fingerprint density at radius 3 is 1.23 bits per heavy atom. The molecule has 0 fully saturated rings. The second-order valence-electron chi connectivity index (χ2n) is 1.50. The van der Waals surface area contributed by atoms with Crippen LogP contribution in [0.3, 0.4) is 0 Å². The van der Waals surface area contributed by atoms with E-state index in [4.69, 9.17) is 24.3 Å². The maximum absolute atomic E-state index is 5.15. The van der Waals surface area contributed by atoms with Crippen molar-refractivity contribution in [2.24, 2.45) is 0 Å². The fourth-order valence-corrected chi connectivity index (χ4v) is 4.31. The van der Waals surface area contributed by atoms with Crippen molar-refractivity contribution in [1.82, 2.24) is 0 Å². The third-order valence-electron chi connectivity index (χ3n) is 0.683. The quantitative estimate of drug-likeness (QED) is 0.464. The highest BCUT2D eigenvalue weighted by molar-refractivity contribution is 7.32. The van der Waals surface area contributed by atoms with Crippen molar-refractivity contribution in [3.63, 3.8) is 0 Å². The maximum atomic E-state index is 5.15. The van der Waals surface area contributed by atoms with E-state index in [0.717, 1.165) is 0 Å². The van der Waals surface area contributed by atoms with Crippen LogP contribution in [0.2, 0.25) is 0 Å². The second-order valence-corrected chi connectivity index (χ2v) is 6.64. The molecule has 0 aliphatic carbocycles. The van der Waals surface area contributed by atoms with Crippen LogP contribution in [0.25, 0.3) is 0 Å². The molecular formula is C3H12AlO6P3. The molecule has 0 aliphatic rings. The van der Waals surface area contributed by atoms with Crippen LogP contribution in [0.15, 0.2) is 0 Å². The van der Waals surface area contributed by atoms with Gasteiger partial charge in [-0.15, -0.1) is 0 Å². The van der Waals surface area contributed by atoms with Gasteiger partial charge in [-0.25, -0.2) is 0 Å². The first-order chi connectivity index (χ1) is 6.35. The van der Waals surface area contributed by atoms with Gasteiger partial charge in [0.15, 0.2) is 0 Å². The zero-order valence-electron chi connectivity index (χ0n) is 7.53. The summed E-state index contributed by atoms with van der Waals surface area (Å²) < 4.78 is 29.7. The lowest BCUT2D eigenvalue weighted by atomic mass is 11.8. The van der Waals surface area contributed by atoms with Crippen LogP contribution in [0, 0.1) is 0 Å². The fourth-order valence-electron chi connectivity index (χ4n) is 0.334. The van der Waals surface area contributed by atoms with Gasteiger partial charge in [0.2, 0.25) is 0 Å². The van der Waals surface area contributed by atoms with Crippen LogP contribution in [0.4, 0.5) is 0 Å². The third kappa shape index (κ3) is 9.88. The SMILES string of the molecule is COP[O][Al]([O]POC)[O]POC. The van der Waals surface area contributed by atoms with Crippen LogP contribution in [0.5, 0.6) is 0 Å². The highest BCUT2D eigenvalue weighted by Gasteiger charge is 2.32. The third-order valence-corrected chi connectivity index (χ3v) is 4.65. The molecule has 0 aromatic carbocycles. The summed E-state index contributed by atoms with van der Waals surface area (Å²) in [6, 6.07) is 0. The molecule has 3 unspecified atom stereocenters. The molecule has 0 heterocycles. The Bertz CT molecular complexity index is 90.1. The van der Waals surface area contributed by atoms with Gasteiger partial charge >= 0.3 is 15.1 Å². The summed E-state index contributed by atoms with van der Waals surface area (Å²) in [7, 11) is 4.41. The summed E-state index contributed by atoms with van der Waals surface area (Å²) in [5.74, 6) is 0. The average Bonchev–Trinajstić information content (AvgIpc) is 2.17. The van der Waals surface area contributed by atoms with E-state index in [2.05, 4.69) is 0 Å². The predicted octanol–water partition coefficient (Wildman–Crippen LogP) is 1.49. The Kier molecular flexibility index (Phi) is 13.1. The molecule has 0 amide bonds. The van der Waals surface area contributed by atoms with Gasteiger partial charge < -0.3 is 24.3 Å². The van der Waals surface area contributed by atoms with Gasteiger partial charge in [-0.3, -0.25) is 0 Å². The molecule has 0 radical (unpaired) electrons. The van der Waals surface area contributed by atoms with Crippen molar-refractivity contribution < 1.29 is 24.3 Å². The van der Waals surface area contributed by atoms with Gasteiger partial charge in [0.05, 0.1) is 0 Å². The zero-order chi connectivity index (χ0) is 9.94. The first-order valence-electron chi connectivity index (χ1n) is 3.16. The first kappa shape index (κ1) is 14.6. The minimum absolute atomic E-state index is 0.0728. The molecule has 0 bridgehead atoms. The van der Waals surface area contributed by atoms with E-state index in [1.165, 1.54) is 0 Å². The van der Waals surface area contributed by atoms with Gasteiger partial charge in [0.25, 0.3) is 0 Å². The molecule has 0 aliphatic heterocycles. The minimum atomic E-state index is -2.12. The predicted molar refractivity (Wildman–Crippen MR) is 55.0 cm³/mol. The standard InChI is InChI=1S/3CH4O2P.Al/c3*1-3-4-2;/h3*4H,1H3;/q3*-1;+3. The van der Waals surface area contributed by atoms with Crippen molar-refractivity contribution in [2.45, 2.75) is 0 Å². The van der Waals surface area contributed by atoms with E-state index in [9.17, 15) is 0 Å². The molecule has 10 heteroatoms. The smallest absolute Gasteiger partial charge is 0.413 e. The molecule has 0 aromatic rings. The molecule has 13 heavy (non-hydrogen) atoms. The van der Waals surface area contributed by atoms with Crippen LogP contribution < -0.4 is 0 Å². The first-order valence-corrected chi connectivity index (χ1v) is 7.02. The summed E-state index contributed by atoms with van der Waals surface area (Å²) in [6.45, 7) is 0. The van der Waals surface area contributed by atoms with Gasteiger partial charge in [0, 0.05) is 21.3 Å². The molecule has 0 saturated carbocycles. The summed E-state index contributed by atoms with van der Waals surface area (Å²) in [5.41, 5.74) is 0. The summed E-state index contributed by atoms with van der Waals surface area (Å²) in [5, 5.41) is 0. The Hall–Kier alpha value is 1.58. The monoisotopic (exact) mass is 264 g/mol. The molecule has 0 rings (SSSR count). The average molecular weight is 264 g/mol. The van der Waals surface area contributed by atoms with Gasteiger partial charge in [-0.05, 0) is 0 Å². The van der Waals surface area contributed by atoms with E-state index >= 15 is 0 Å². The topological polar surface area (TPSA) is 55.4 Å². The lowest BCUT2D eigenvalue weighted by molar-refractivity contribution is 0.292. The Morgan fingerprint density at radius 2 is 1.00 bits per heavy atom. The minimum Gasteiger partial charge on any atom is -0.413 e. The molecule has 6 nitrogen and oxygen atoms in total. The van der Waals surface area contributed by atoms with Crippen LogP contribution in [-0.4, -0.2) is 36.5 Å². The maximum Gasteiger partial charge on any atom is 0.919 e. The van der Waals surface area contributed by atoms with E-state index in [1.54, 1.807) is 21.3 Å². The van der Waals surface area contributed by atoms with Crippen LogP contribution in [0.1, 0.15) is 0 Å². The fraction of sp³-hybridized carbons (Fsp3) is 1.00. The normalized spacial score (nSPS) is 13.2. The number of hydrogen-bond donors (Lipinski definition) is 0. The van der Waals surface area contributed by atoms with Crippen LogP contribution >= 0.6 is 27.1 Å². The molecule has 0 aromatic heterocycles. The molecule has 0 spiro atoms. The Morgan fingerprint density at radius 1 is 0.692 bits per heavy atom. The highest BCUT2D eigenvalue weighted by atomic mass is 31.1. The van der Waals surface area contributed by atoms with Crippen molar-refractivity contribution in [2.75, 3.05) is 21.3 Å². The largest absolute Gasteiger partial charge is 0.919 e. The van der Waals surface area contributed by atoms with E-state index in [0.29, 0.717) is 0 Å². The summed E-state index contributed by atoms with van der Waals surface area (Å²) in [4.78, 5) is 0. The van der Waals surface area contributed by atoms with E-state index in [-0.39, 0.29) is 27.1 Å². The van der Waals surface area contributed by atoms with Gasteiger partial charge in [0.1, 0.15) is 27.1 Å². The van der Waals surface area contributed by atoms with Crippen molar-refractivity contribution in [3.8, 4) is 0 Å². The number of rotatable bonds is 9. The van der Waals surface area contributed by atoms with E-state index < -0.39 is 15.1 Å². The summed E-state index contributed by atoms with van der Waals surface area (Å²) >= 11 is -2.12. The molecule has 0 saturated heterocycles. The van der Waals surface area contributed by atoms with Crippen molar-refractivity contribution >= 4 is 42.3 Å². The Balaban J connectivity index is 3.47. The lowest BCUT2D eigenvalue weighted by Gasteiger charge is -2.10. The highest BCUT2D eigenvalue weighted by Crippen LogP contribution is 2.25. The molecule has 0 N–H and O–H groups in total. The Labute approximate surface area is 88.2 Å². The van der Waals surface area contributed by atoms with E-state index in [1.807, 2.05) is 0 Å². The van der Waals surface area contributed by atoms with Gasteiger partial charge in [-0.1, -0.05) is 0 Å². The number of hydrogen-bond acceptors (Lipinski definition) is 6. The van der Waals surface area contributed by atoms with Crippen molar-refractivity contribution in [3.05, 3.63) is 0 Å². The molecule has 3 atom stereocenters. The molecule has 78 valence electrons. The van der Waals surface area contributed by atoms with Gasteiger partial charge in [-0.2, -0.15) is 0 Å².